The number of aromatic amines is 2. The minimum absolute atomic E-state index is 0.0137. The first-order valence-corrected chi connectivity index (χ1v) is 23.5. The van der Waals surface area contributed by atoms with E-state index in [0.29, 0.717) is 69.7 Å². The number of carbonyl (C=O) groups is 2. The van der Waals surface area contributed by atoms with Crippen LogP contribution in [0.5, 0.6) is 0 Å². The number of benzene rings is 2. The third-order valence-electron chi connectivity index (χ3n) is 12.5. The van der Waals surface area contributed by atoms with Gasteiger partial charge in [-0.15, -0.1) is 0 Å². The summed E-state index contributed by atoms with van der Waals surface area (Å²) in [6.07, 6.45) is 7.26. The van der Waals surface area contributed by atoms with E-state index in [2.05, 4.69) is 50.5 Å². The second-order valence-corrected chi connectivity index (χ2v) is 18.3. The summed E-state index contributed by atoms with van der Waals surface area (Å²) in [5.41, 5.74) is 2.91. The third kappa shape index (κ3) is 11.1. The Morgan fingerprint density at radius 3 is 1.63 bits per heavy atom. The lowest BCUT2D eigenvalue weighted by atomic mass is 9.96. The number of carbonyl (C=O) groups excluding carboxylic acids is 2. The van der Waals surface area contributed by atoms with Gasteiger partial charge >= 0.3 is 6.18 Å². The topological polar surface area (TPSA) is 174 Å². The normalized spacial score (nSPS) is 16.2. The molecule has 8 aromatic rings. The number of H-pyrrole nitrogens is 2. The lowest BCUT2D eigenvalue weighted by molar-refractivity contribution is -0.138. The van der Waals surface area contributed by atoms with Crippen molar-refractivity contribution in [1.82, 2.24) is 49.7 Å². The summed E-state index contributed by atoms with van der Waals surface area (Å²) >= 11 is 12.1. The van der Waals surface area contributed by atoms with Gasteiger partial charge in [-0.05, 0) is 80.3 Å². The molecule has 71 heavy (non-hydrogen) atoms. The minimum Gasteiger partial charge on any atom is -0.367 e. The van der Waals surface area contributed by atoms with Gasteiger partial charge < -0.3 is 30.4 Å². The quantitative estimate of drug-likeness (QED) is 0.0966. The summed E-state index contributed by atoms with van der Waals surface area (Å²) in [6.45, 7) is 4.67. The van der Waals surface area contributed by atoms with E-state index in [4.69, 9.17) is 23.2 Å². The molecule has 2 aliphatic rings. The van der Waals surface area contributed by atoms with E-state index >= 15 is 0 Å². The molecule has 2 aromatic carbocycles. The molecule has 2 atom stereocenters. The molecule has 10 rings (SSSR count). The molecule has 0 saturated carbocycles. The highest BCUT2D eigenvalue weighted by atomic mass is 35.5. The van der Waals surface area contributed by atoms with Gasteiger partial charge in [0.15, 0.2) is 34.9 Å². The number of fused-ring (bicyclic) bond motifs is 2. The number of nitrogens with zero attached hydrogens (tertiary/aromatic N) is 8. The number of hydrogen-bond donors (Lipinski definition) is 4. The molecular weight excluding hydrogens is 967 g/mol. The fourth-order valence-electron chi connectivity index (χ4n) is 8.95. The molecule has 4 N–H and O–H groups in total. The Labute approximate surface area is 413 Å². The van der Waals surface area contributed by atoms with Crippen LogP contribution in [0.2, 0.25) is 10.0 Å². The van der Waals surface area contributed by atoms with Gasteiger partial charge in [0.25, 0.3) is 11.8 Å². The number of aryl methyl sites for hydroxylation is 1. The Bertz CT molecular complexity index is 3240. The fourth-order valence-corrected chi connectivity index (χ4v) is 9.27. The van der Waals surface area contributed by atoms with E-state index in [1.807, 2.05) is 36.1 Å². The van der Waals surface area contributed by atoms with E-state index in [1.165, 1.54) is 29.3 Å². The van der Waals surface area contributed by atoms with Crippen LogP contribution < -0.4 is 10.6 Å². The number of pyridine rings is 2. The molecule has 21 heteroatoms. The number of hydrogen-bond acceptors (Lipinski definition) is 10. The van der Waals surface area contributed by atoms with Gasteiger partial charge in [-0.3, -0.25) is 9.59 Å². The van der Waals surface area contributed by atoms with Crippen molar-refractivity contribution in [1.29, 1.82) is 0 Å². The van der Waals surface area contributed by atoms with Crippen molar-refractivity contribution in [2.45, 2.75) is 38.8 Å². The number of nitrogens with one attached hydrogen (secondary N) is 4. The van der Waals surface area contributed by atoms with Crippen molar-refractivity contribution < 1.29 is 31.5 Å². The molecular formula is C50H45Cl2F5N12O2. The van der Waals surface area contributed by atoms with E-state index in [1.54, 1.807) is 30.7 Å². The number of alkyl halides is 3. The van der Waals surface area contributed by atoms with Crippen molar-refractivity contribution in [3.8, 4) is 22.8 Å². The number of piperidine rings is 2. The van der Waals surface area contributed by atoms with Crippen LogP contribution in [-0.4, -0.2) is 101 Å². The van der Waals surface area contributed by atoms with E-state index in [-0.39, 0.29) is 53.9 Å². The van der Waals surface area contributed by atoms with Crippen LogP contribution in [0, 0.1) is 30.4 Å². The van der Waals surface area contributed by atoms with Gasteiger partial charge in [-0.2, -0.15) is 13.2 Å². The zero-order valence-corrected chi connectivity index (χ0v) is 39.5. The molecule has 6 aromatic heterocycles. The fraction of sp³-hybridized carbons (Fsp3) is 0.280. The molecule has 0 radical (unpaired) electrons. The van der Waals surface area contributed by atoms with Gasteiger partial charge in [0.2, 0.25) is 0 Å². The summed E-state index contributed by atoms with van der Waals surface area (Å²) in [5.74, 6) is -0.949. The minimum atomic E-state index is -4.63. The summed E-state index contributed by atoms with van der Waals surface area (Å²) < 4.78 is 69.2. The summed E-state index contributed by atoms with van der Waals surface area (Å²) in [7, 11) is 0. The van der Waals surface area contributed by atoms with Crippen LogP contribution >= 0.6 is 23.2 Å². The zero-order chi connectivity index (χ0) is 49.8. The molecule has 2 amide bonds. The smallest absolute Gasteiger partial charge is 0.367 e. The Kier molecular flexibility index (Phi) is 14.4. The summed E-state index contributed by atoms with van der Waals surface area (Å²) in [5, 5.41) is 8.50. The molecule has 2 aliphatic heterocycles. The number of likely N-dealkylation sites (tertiary alicyclic amines) is 2. The highest BCUT2D eigenvalue weighted by molar-refractivity contribution is 6.31. The zero-order valence-electron chi connectivity index (χ0n) is 38.0. The van der Waals surface area contributed by atoms with Crippen LogP contribution in [0.4, 0.5) is 33.6 Å². The average molecular weight is 1010 g/mol. The van der Waals surface area contributed by atoms with Crippen molar-refractivity contribution >= 4 is 68.7 Å². The Morgan fingerprint density at radius 2 is 1.14 bits per heavy atom. The van der Waals surface area contributed by atoms with Gasteiger partial charge in [0.1, 0.15) is 11.3 Å². The maximum absolute atomic E-state index is 14.5. The first-order valence-electron chi connectivity index (χ1n) is 22.8. The Balaban J connectivity index is 0.000000176. The van der Waals surface area contributed by atoms with Crippen molar-refractivity contribution in [3.63, 3.8) is 0 Å². The van der Waals surface area contributed by atoms with Crippen molar-refractivity contribution in [2.75, 3.05) is 49.9 Å². The number of rotatable bonds is 10. The maximum atomic E-state index is 14.5. The molecule has 0 bridgehead atoms. The Morgan fingerprint density at radius 1 is 0.676 bits per heavy atom. The van der Waals surface area contributed by atoms with Crippen LogP contribution in [0.3, 0.4) is 0 Å². The molecule has 0 spiro atoms. The van der Waals surface area contributed by atoms with E-state index in [0.717, 1.165) is 60.8 Å². The highest BCUT2D eigenvalue weighted by Crippen LogP contribution is 2.34. The highest BCUT2D eigenvalue weighted by Gasteiger charge is 2.37. The number of amides is 2. The molecule has 2 fully saturated rings. The molecule has 14 nitrogen and oxygen atoms in total. The van der Waals surface area contributed by atoms with Gasteiger partial charge in [0.05, 0.1) is 33.6 Å². The number of anilines is 2. The van der Waals surface area contributed by atoms with Gasteiger partial charge in [0, 0.05) is 91.5 Å². The van der Waals surface area contributed by atoms with Crippen molar-refractivity contribution in [3.05, 3.63) is 142 Å². The first-order chi connectivity index (χ1) is 34.2. The average Bonchev–Trinajstić information content (AvgIpc) is 4.00. The van der Waals surface area contributed by atoms with Crippen molar-refractivity contribution in [2.24, 2.45) is 11.8 Å². The summed E-state index contributed by atoms with van der Waals surface area (Å²) in [6, 6.07) is 15.9. The standard InChI is InChI=1S/C25H21ClF4N6O.C25H24ClFN6O/c26-15-8-17-18(11-33-21(17)32-10-15)22-34-12-20(27)23(35-22)31-9-14-4-3-7-36(13-14)24(37)16-5-1-2-6-19(16)25(28,29)30;1-15-5-2-3-7-18(15)25(34)33-8-4-6-16(14-33)10-28-24-21(27)13-31-23(32-24)20-12-30-22-19(20)9-17(26)11-29-22/h1-2,5-6,8,10-12,14H,3-4,7,9,13H2,(H,32,33)(H,31,34,35);2-3,5,7,9,11-13,16H,4,6,8,10,14H2,1H3,(H,29,30)(H,28,31,32)/t14-;16-/m11/s1. The lowest BCUT2D eigenvalue weighted by Gasteiger charge is -2.33. The lowest BCUT2D eigenvalue weighted by Crippen LogP contribution is -2.42. The first kappa shape index (κ1) is 48.8. The largest absolute Gasteiger partial charge is 0.417 e. The van der Waals surface area contributed by atoms with Crippen LogP contribution in [0.15, 0.2) is 97.8 Å². The SMILES string of the molecule is Cc1ccccc1C(=O)N1CCC[C@H](CNc2nc(-c3c[nH]c4ncc(Cl)cc34)ncc2F)C1.O=C(c1ccccc1C(F)(F)F)N1CCC[C@H](CNc2nc(-c3c[nH]c4ncc(Cl)cc34)ncc2F)C1. The second-order valence-electron chi connectivity index (χ2n) is 17.4. The maximum Gasteiger partial charge on any atom is 0.417 e. The molecule has 0 aliphatic carbocycles. The number of aromatic nitrogens is 8. The number of halogens is 7. The third-order valence-corrected chi connectivity index (χ3v) is 12.9. The van der Waals surface area contributed by atoms with Gasteiger partial charge in [-0.25, -0.2) is 38.7 Å². The van der Waals surface area contributed by atoms with E-state index in [9.17, 15) is 31.5 Å². The predicted molar refractivity (Wildman–Crippen MR) is 261 cm³/mol. The second kappa shape index (κ2) is 21.0. The van der Waals surface area contributed by atoms with Gasteiger partial charge in [-0.1, -0.05) is 53.5 Å². The molecule has 8 heterocycles. The van der Waals surface area contributed by atoms with Crippen LogP contribution in [0.1, 0.15) is 57.5 Å². The molecule has 366 valence electrons. The molecule has 0 unspecified atom stereocenters. The molecule has 2 saturated heterocycles. The van der Waals surface area contributed by atoms with Crippen LogP contribution in [-0.2, 0) is 6.18 Å². The predicted octanol–water partition coefficient (Wildman–Crippen LogP) is 10.9. The van der Waals surface area contributed by atoms with E-state index < -0.39 is 29.3 Å². The Hall–Kier alpha value is -7.25. The summed E-state index contributed by atoms with van der Waals surface area (Å²) in [4.78, 5) is 60.8. The monoisotopic (exact) mass is 1010 g/mol. The van der Waals surface area contributed by atoms with Crippen LogP contribution in [0.25, 0.3) is 44.8 Å².